The molecule has 0 spiro atoms. The normalized spacial score (nSPS) is 15.2. The summed E-state index contributed by atoms with van der Waals surface area (Å²) in [5.41, 5.74) is 1.40. The molecule has 23 heavy (non-hydrogen) atoms. The molecule has 0 unspecified atom stereocenters. The molecule has 1 aliphatic heterocycles. The predicted molar refractivity (Wildman–Crippen MR) is 93.1 cm³/mol. The lowest BCUT2D eigenvalue weighted by Crippen LogP contribution is -2.48. The van der Waals surface area contributed by atoms with Gasteiger partial charge in [-0.2, -0.15) is 0 Å². The first-order valence-corrected chi connectivity index (χ1v) is 7.92. The Bertz CT molecular complexity index is 578. The van der Waals surface area contributed by atoms with Crippen molar-refractivity contribution < 1.29 is 9.21 Å². The second-order valence-corrected chi connectivity index (χ2v) is 5.70. The Balaban J connectivity index is 0.00000192. The molecule has 2 aromatic rings. The maximum absolute atomic E-state index is 12.2. The molecule has 0 radical (unpaired) electrons. The highest BCUT2D eigenvalue weighted by Crippen LogP contribution is 2.10. The van der Waals surface area contributed by atoms with Crippen LogP contribution >= 0.6 is 12.4 Å². The Morgan fingerprint density at radius 3 is 2.39 bits per heavy atom. The van der Waals surface area contributed by atoms with Crippen LogP contribution in [-0.2, 0) is 6.42 Å². The summed E-state index contributed by atoms with van der Waals surface area (Å²) in [6.45, 7) is 4.55. The van der Waals surface area contributed by atoms with Gasteiger partial charge in [0.2, 0.25) is 0 Å². The van der Waals surface area contributed by atoms with Crippen molar-refractivity contribution in [3.8, 4) is 0 Å². The molecule has 3 rings (SSSR count). The zero-order valence-electron chi connectivity index (χ0n) is 13.2. The van der Waals surface area contributed by atoms with Crippen molar-refractivity contribution in [3.05, 3.63) is 60.1 Å². The van der Waals surface area contributed by atoms with E-state index in [1.165, 1.54) is 5.56 Å². The first-order chi connectivity index (χ1) is 10.8. The molecule has 124 valence electrons. The Kier molecular flexibility index (Phi) is 6.68. The highest BCUT2D eigenvalue weighted by Gasteiger charge is 2.23. The molecule has 0 N–H and O–H groups in total. The van der Waals surface area contributed by atoms with Crippen molar-refractivity contribution in [1.29, 1.82) is 0 Å². The summed E-state index contributed by atoms with van der Waals surface area (Å²) < 4.78 is 5.18. The van der Waals surface area contributed by atoms with E-state index in [1.54, 1.807) is 18.4 Å². The molecule has 1 aromatic carbocycles. The van der Waals surface area contributed by atoms with Crippen LogP contribution < -0.4 is 0 Å². The van der Waals surface area contributed by atoms with E-state index in [2.05, 4.69) is 35.2 Å². The SMILES string of the molecule is Cl.O=C(c1ccco1)N1CCN(CCCc2ccccc2)CC1. The van der Waals surface area contributed by atoms with Crippen LogP contribution in [0, 0.1) is 0 Å². The van der Waals surface area contributed by atoms with E-state index in [9.17, 15) is 4.79 Å². The second-order valence-electron chi connectivity index (χ2n) is 5.70. The molecule has 0 aliphatic carbocycles. The lowest BCUT2D eigenvalue weighted by molar-refractivity contribution is 0.0605. The van der Waals surface area contributed by atoms with Gasteiger partial charge in [0, 0.05) is 26.2 Å². The van der Waals surface area contributed by atoms with E-state index in [-0.39, 0.29) is 18.3 Å². The molecular weight excluding hydrogens is 312 g/mol. The number of piperazine rings is 1. The molecule has 0 bridgehead atoms. The average molecular weight is 335 g/mol. The zero-order chi connectivity index (χ0) is 15.2. The molecule has 1 saturated heterocycles. The van der Waals surface area contributed by atoms with Gasteiger partial charge in [-0.1, -0.05) is 30.3 Å². The molecule has 1 amide bonds. The van der Waals surface area contributed by atoms with Crippen molar-refractivity contribution in [1.82, 2.24) is 9.80 Å². The number of rotatable bonds is 5. The van der Waals surface area contributed by atoms with Gasteiger partial charge in [-0.25, -0.2) is 0 Å². The topological polar surface area (TPSA) is 36.7 Å². The summed E-state index contributed by atoms with van der Waals surface area (Å²) in [6.07, 6.45) is 3.83. The van der Waals surface area contributed by atoms with E-state index >= 15 is 0 Å². The molecule has 1 aromatic heterocycles. The first kappa shape index (κ1) is 17.6. The molecule has 1 aliphatic rings. The quantitative estimate of drug-likeness (QED) is 0.843. The van der Waals surface area contributed by atoms with Crippen LogP contribution in [0.25, 0.3) is 0 Å². The van der Waals surface area contributed by atoms with Gasteiger partial charge >= 0.3 is 0 Å². The summed E-state index contributed by atoms with van der Waals surface area (Å²) in [6, 6.07) is 14.1. The number of carbonyl (C=O) groups excluding carboxylic acids is 1. The number of nitrogens with zero attached hydrogens (tertiary/aromatic N) is 2. The van der Waals surface area contributed by atoms with E-state index in [4.69, 9.17) is 4.42 Å². The Labute approximate surface area is 143 Å². The number of hydrogen-bond acceptors (Lipinski definition) is 3. The molecule has 5 heteroatoms. The van der Waals surface area contributed by atoms with Gasteiger partial charge in [-0.15, -0.1) is 12.4 Å². The lowest BCUT2D eigenvalue weighted by Gasteiger charge is -2.34. The summed E-state index contributed by atoms with van der Waals surface area (Å²) in [4.78, 5) is 16.5. The van der Waals surface area contributed by atoms with Crippen LogP contribution in [0.2, 0.25) is 0 Å². The van der Waals surface area contributed by atoms with Crippen molar-refractivity contribution in [3.63, 3.8) is 0 Å². The van der Waals surface area contributed by atoms with Crippen LogP contribution in [0.5, 0.6) is 0 Å². The van der Waals surface area contributed by atoms with Crippen LogP contribution in [0.3, 0.4) is 0 Å². The third kappa shape index (κ3) is 4.85. The summed E-state index contributed by atoms with van der Waals surface area (Å²) in [5.74, 6) is 0.450. The summed E-state index contributed by atoms with van der Waals surface area (Å²) in [5, 5.41) is 0. The maximum Gasteiger partial charge on any atom is 0.289 e. The fourth-order valence-corrected chi connectivity index (χ4v) is 2.88. The van der Waals surface area contributed by atoms with Gasteiger partial charge < -0.3 is 9.32 Å². The smallest absolute Gasteiger partial charge is 0.289 e. The Hall–Kier alpha value is -1.78. The van der Waals surface area contributed by atoms with Crippen LogP contribution in [0.15, 0.2) is 53.1 Å². The third-order valence-corrected chi connectivity index (χ3v) is 4.17. The highest BCUT2D eigenvalue weighted by molar-refractivity contribution is 5.91. The van der Waals surface area contributed by atoms with Gasteiger partial charge in [-0.3, -0.25) is 9.69 Å². The molecule has 2 heterocycles. The summed E-state index contributed by atoms with van der Waals surface area (Å²) in [7, 11) is 0. The zero-order valence-corrected chi connectivity index (χ0v) is 14.0. The van der Waals surface area contributed by atoms with Crippen LogP contribution in [0.1, 0.15) is 22.5 Å². The van der Waals surface area contributed by atoms with Gasteiger partial charge in [0.15, 0.2) is 5.76 Å². The van der Waals surface area contributed by atoms with Crippen LogP contribution in [-0.4, -0.2) is 48.4 Å². The molecule has 1 fully saturated rings. The minimum Gasteiger partial charge on any atom is -0.459 e. The number of hydrogen-bond donors (Lipinski definition) is 0. The van der Waals surface area contributed by atoms with Gasteiger partial charge in [0.05, 0.1) is 6.26 Å². The fourth-order valence-electron chi connectivity index (χ4n) is 2.88. The van der Waals surface area contributed by atoms with Gasteiger partial charge in [-0.05, 0) is 37.1 Å². The number of carbonyl (C=O) groups is 1. The monoisotopic (exact) mass is 334 g/mol. The van der Waals surface area contributed by atoms with Crippen molar-refractivity contribution >= 4 is 18.3 Å². The highest BCUT2D eigenvalue weighted by atomic mass is 35.5. The third-order valence-electron chi connectivity index (χ3n) is 4.17. The maximum atomic E-state index is 12.2. The van der Waals surface area contributed by atoms with Crippen molar-refractivity contribution in [2.45, 2.75) is 12.8 Å². The van der Waals surface area contributed by atoms with E-state index in [1.807, 2.05) is 4.90 Å². The standard InChI is InChI=1S/C18H22N2O2.ClH/c21-18(17-9-5-15-22-17)20-13-11-19(12-14-20)10-4-8-16-6-2-1-3-7-16;/h1-3,5-7,9,15H,4,8,10-14H2;1H. The Morgan fingerprint density at radius 1 is 1.00 bits per heavy atom. The number of aryl methyl sites for hydroxylation is 1. The summed E-state index contributed by atoms with van der Waals surface area (Å²) >= 11 is 0. The van der Waals surface area contributed by atoms with Gasteiger partial charge in [0.1, 0.15) is 0 Å². The number of benzene rings is 1. The number of halogens is 1. The minimum absolute atomic E-state index is 0. The molecule has 0 saturated carbocycles. The second kappa shape index (κ2) is 8.75. The minimum atomic E-state index is 0. The van der Waals surface area contributed by atoms with E-state index < -0.39 is 0 Å². The number of furan rings is 1. The van der Waals surface area contributed by atoms with E-state index in [0.717, 1.165) is 45.6 Å². The largest absolute Gasteiger partial charge is 0.459 e. The van der Waals surface area contributed by atoms with Crippen molar-refractivity contribution in [2.24, 2.45) is 0 Å². The average Bonchev–Trinajstić information content (AvgIpc) is 3.10. The predicted octanol–water partition coefficient (Wildman–Crippen LogP) is 3.09. The van der Waals surface area contributed by atoms with E-state index in [0.29, 0.717) is 5.76 Å². The van der Waals surface area contributed by atoms with Crippen molar-refractivity contribution in [2.75, 3.05) is 32.7 Å². The van der Waals surface area contributed by atoms with Crippen LogP contribution in [0.4, 0.5) is 0 Å². The molecule has 4 nitrogen and oxygen atoms in total. The fraction of sp³-hybridized carbons (Fsp3) is 0.389. The first-order valence-electron chi connectivity index (χ1n) is 7.92. The molecule has 0 atom stereocenters. The number of amides is 1. The lowest BCUT2D eigenvalue weighted by atomic mass is 10.1. The van der Waals surface area contributed by atoms with Gasteiger partial charge in [0.25, 0.3) is 5.91 Å². The Morgan fingerprint density at radius 2 is 1.74 bits per heavy atom. The molecular formula is C18H23ClN2O2.